The van der Waals surface area contributed by atoms with E-state index in [1.165, 1.54) is 11.3 Å². The van der Waals surface area contributed by atoms with Crippen molar-refractivity contribution in [2.24, 2.45) is 5.41 Å². The van der Waals surface area contributed by atoms with Crippen molar-refractivity contribution in [2.75, 3.05) is 13.1 Å². The van der Waals surface area contributed by atoms with E-state index in [9.17, 15) is 5.11 Å². The standard InChI is InChI=1S/C16H29N3O/c1-6-8-19-13(2)14(10-17-19)11-18-9-7-16(5,20)15(3,4)12-18/h10,20H,6-9,11-12H2,1-5H3/t16-/m1/s1. The third kappa shape index (κ3) is 2.91. The molecule has 1 saturated heterocycles. The van der Waals surface area contributed by atoms with E-state index in [-0.39, 0.29) is 5.41 Å². The summed E-state index contributed by atoms with van der Waals surface area (Å²) in [6.07, 6.45) is 3.95. The minimum atomic E-state index is -0.565. The van der Waals surface area contributed by atoms with Crippen molar-refractivity contribution in [3.63, 3.8) is 0 Å². The molecule has 0 bridgehead atoms. The zero-order chi connectivity index (χ0) is 15.0. The van der Waals surface area contributed by atoms with Gasteiger partial charge in [0.2, 0.25) is 0 Å². The third-order valence-corrected chi connectivity index (χ3v) is 5.03. The lowest BCUT2D eigenvalue weighted by atomic mass is 9.71. The van der Waals surface area contributed by atoms with E-state index in [1.54, 1.807) is 0 Å². The first-order valence-corrected chi connectivity index (χ1v) is 7.73. The van der Waals surface area contributed by atoms with Gasteiger partial charge >= 0.3 is 0 Å². The van der Waals surface area contributed by atoms with Crippen LogP contribution >= 0.6 is 0 Å². The summed E-state index contributed by atoms with van der Waals surface area (Å²) < 4.78 is 2.10. The van der Waals surface area contributed by atoms with Crippen LogP contribution in [0.15, 0.2) is 6.20 Å². The highest BCUT2D eigenvalue weighted by atomic mass is 16.3. The molecule has 2 rings (SSSR count). The highest BCUT2D eigenvalue weighted by Gasteiger charge is 2.43. The van der Waals surface area contributed by atoms with Gasteiger partial charge in [0, 0.05) is 42.9 Å². The Morgan fingerprint density at radius 3 is 2.65 bits per heavy atom. The van der Waals surface area contributed by atoms with Crippen molar-refractivity contribution >= 4 is 0 Å². The SMILES string of the molecule is CCCn1ncc(CN2CC[C@@](C)(O)C(C)(C)C2)c1C. The molecule has 0 saturated carbocycles. The molecule has 4 nitrogen and oxygen atoms in total. The number of nitrogens with zero attached hydrogens (tertiary/aromatic N) is 3. The van der Waals surface area contributed by atoms with Crippen molar-refractivity contribution in [3.05, 3.63) is 17.5 Å². The number of aromatic nitrogens is 2. The van der Waals surface area contributed by atoms with Crippen LogP contribution in [0.2, 0.25) is 0 Å². The first-order valence-electron chi connectivity index (χ1n) is 7.73. The normalized spacial score (nSPS) is 26.9. The summed E-state index contributed by atoms with van der Waals surface area (Å²) in [7, 11) is 0. The van der Waals surface area contributed by atoms with Gasteiger partial charge in [-0.25, -0.2) is 0 Å². The number of hydrogen-bond acceptors (Lipinski definition) is 3. The van der Waals surface area contributed by atoms with Gasteiger partial charge in [-0.1, -0.05) is 20.8 Å². The minimum absolute atomic E-state index is 0.0709. The molecular formula is C16H29N3O. The maximum atomic E-state index is 10.5. The van der Waals surface area contributed by atoms with Crippen LogP contribution in [-0.2, 0) is 13.1 Å². The number of piperidine rings is 1. The molecule has 0 unspecified atom stereocenters. The summed E-state index contributed by atoms with van der Waals surface area (Å²) in [5.74, 6) is 0. The van der Waals surface area contributed by atoms with Gasteiger partial charge < -0.3 is 5.11 Å². The van der Waals surface area contributed by atoms with Crippen molar-refractivity contribution in [2.45, 2.75) is 66.2 Å². The van der Waals surface area contributed by atoms with E-state index in [0.29, 0.717) is 0 Å². The maximum Gasteiger partial charge on any atom is 0.0694 e. The van der Waals surface area contributed by atoms with Crippen molar-refractivity contribution in [3.8, 4) is 0 Å². The van der Waals surface area contributed by atoms with Crippen LogP contribution in [0.25, 0.3) is 0 Å². The fourth-order valence-corrected chi connectivity index (χ4v) is 2.98. The Balaban J connectivity index is 2.05. The average Bonchev–Trinajstić information content (AvgIpc) is 2.67. The van der Waals surface area contributed by atoms with Gasteiger partial charge in [-0.05, 0) is 26.7 Å². The van der Waals surface area contributed by atoms with Gasteiger partial charge in [-0.3, -0.25) is 9.58 Å². The summed E-state index contributed by atoms with van der Waals surface area (Å²) in [5.41, 5.74) is 1.96. The van der Waals surface area contributed by atoms with Crippen LogP contribution in [0.5, 0.6) is 0 Å². The Morgan fingerprint density at radius 2 is 2.05 bits per heavy atom. The zero-order valence-electron chi connectivity index (χ0n) is 13.6. The summed E-state index contributed by atoms with van der Waals surface area (Å²) in [4.78, 5) is 2.44. The Labute approximate surface area is 122 Å². The first-order chi connectivity index (χ1) is 9.27. The van der Waals surface area contributed by atoms with Crippen LogP contribution < -0.4 is 0 Å². The molecule has 0 amide bonds. The van der Waals surface area contributed by atoms with E-state index in [1.807, 2.05) is 13.1 Å². The molecule has 1 N–H and O–H groups in total. The fourth-order valence-electron chi connectivity index (χ4n) is 2.98. The number of aryl methyl sites for hydroxylation is 1. The molecule has 4 heteroatoms. The second-order valence-corrected chi connectivity index (χ2v) is 7.10. The lowest BCUT2D eigenvalue weighted by molar-refractivity contribution is -0.107. The highest BCUT2D eigenvalue weighted by Crippen LogP contribution is 2.38. The summed E-state index contributed by atoms with van der Waals surface area (Å²) in [5, 5.41) is 14.9. The molecule has 0 aromatic carbocycles. The molecular weight excluding hydrogens is 250 g/mol. The van der Waals surface area contributed by atoms with Crippen molar-refractivity contribution < 1.29 is 5.11 Å². The van der Waals surface area contributed by atoms with Crippen LogP contribution in [0.4, 0.5) is 0 Å². The van der Waals surface area contributed by atoms with E-state index >= 15 is 0 Å². The molecule has 1 aromatic heterocycles. The molecule has 0 radical (unpaired) electrons. The molecule has 0 spiro atoms. The largest absolute Gasteiger partial charge is 0.390 e. The lowest BCUT2D eigenvalue weighted by Gasteiger charge is -2.48. The molecule has 1 aromatic rings. The average molecular weight is 279 g/mol. The molecule has 1 fully saturated rings. The summed E-state index contributed by atoms with van der Waals surface area (Å²) in [6, 6.07) is 0. The van der Waals surface area contributed by atoms with Crippen LogP contribution in [-0.4, -0.2) is 38.5 Å². The molecule has 0 aliphatic carbocycles. The maximum absolute atomic E-state index is 10.5. The van der Waals surface area contributed by atoms with Crippen LogP contribution in [0, 0.1) is 12.3 Å². The summed E-state index contributed by atoms with van der Waals surface area (Å²) >= 11 is 0. The predicted molar refractivity (Wildman–Crippen MR) is 81.6 cm³/mol. The molecule has 1 aliphatic heterocycles. The van der Waals surface area contributed by atoms with E-state index < -0.39 is 5.60 Å². The fraction of sp³-hybridized carbons (Fsp3) is 0.812. The molecule has 1 aliphatic rings. The van der Waals surface area contributed by atoms with Gasteiger partial charge in [0.1, 0.15) is 0 Å². The van der Waals surface area contributed by atoms with Crippen molar-refractivity contribution in [1.29, 1.82) is 0 Å². The Hall–Kier alpha value is -0.870. The topological polar surface area (TPSA) is 41.3 Å². The van der Waals surface area contributed by atoms with Gasteiger partial charge in [0.15, 0.2) is 0 Å². The quantitative estimate of drug-likeness (QED) is 0.921. The molecule has 114 valence electrons. The smallest absolute Gasteiger partial charge is 0.0694 e. The lowest BCUT2D eigenvalue weighted by Crippen LogP contribution is -2.55. The highest BCUT2D eigenvalue weighted by molar-refractivity contribution is 5.16. The minimum Gasteiger partial charge on any atom is -0.390 e. The first kappa shape index (κ1) is 15.5. The monoisotopic (exact) mass is 279 g/mol. The second kappa shape index (κ2) is 5.49. The predicted octanol–water partition coefficient (Wildman–Crippen LogP) is 2.58. The van der Waals surface area contributed by atoms with Gasteiger partial charge in [-0.15, -0.1) is 0 Å². The second-order valence-electron chi connectivity index (χ2n) is 7.10. The Morgan fingerprint density at radius 1 is 1.35 bits per heavy atom. The number of hydrogen-bond donors (Lipinski definition) is 1. The third-order valence-electron chi connectivity index (χ3n) is 5.03. The number of likely N-dealkylation sites (tertiary alicyclic amines) is 1. The number of rotatable bonds is 4. The van der Waals surface area contributed by atoms with Gasteiger partial charge in [-0.2, -0.15) is 5.10 Å². The zero-order valence-corrected chi connectivity index (χ0v) is 13.6. The van der Waals surface area contributed by atoms with E-state index in [0.717, 1.165) is 39.0 Å². The molecule has 1 atom stereocenters. The van der Waals surface area contributed by atoms with Gasteiger partial charge in [0.05, 0.1) is 11.8 Å². The van der Waals surface area contributed by atoms with E-state index in [2.05, 4.69) is 42.4 Å². The van der Waals surface area contributed by atoms with Gasteiger partial charge in [0.25, 0.3) is 0 Å². The van der Waals surface area contributed by atoms with Crippen molar-refractivity contribution in [1.82, 2.24) is 14.7 Å². The van der Waals surface area contributed by atoms with Crippen LogP contribution in [0.3, 0.4) is 0 Å². The van der Waals surface area contributed by atoms with Crippen LogP contribution in [0.1, 0.15) is 51.8 Å². The Kier molecular flexibility index (Phi) is 4.26. The van der Waals surface area contributed by atoms with E-state index in [4.69, 9.17) is 0 Å². The molecule has 20 heavy (non-hydrogen) atoms. The molecule has 2 heterocycles. The Bertz CT molecular complexity index is 462. The summed E-state index contributed by atoms with van der Waals surface area (Å²) in [6.45, 7) is 14.4. The number of aliphatic hydroxyl groups is 1.